The van der Waals surface area contributed by atoms with E-state index in [1.165, 1.54) is 17.7 Å². The second kappa shape index (κ2) is 7.06. The van der Waals surface area contributed by atoms with Crippen molar-refractivity contribution in [2.24, 2.45) is 5.73 Å². The SMILES string of the molecule is CC(N)Cc1cc(F)cc(OCCc2ccccc2)c1. The van der Waals surface area contributed by atoms with Gasteiger partial charge in [0.15, 0.2) is 0 Å². The van der Waals surface area contributed by atoms with E-state index in [4.69, 9.17) is 10.5 Å². The van der Waals surface area contributed by atoms with Crippen LogP contribution in [0.2, 0.25) is 0 Å². The first kappa shape index (κ1) is 14.5. The van der Waals surface area contributed by atoms with E-state index in [0.717, 1.165) is 12.0 Å². The predicted molar refractivity (Wildman–Crippen MR) is 79.4 cm³/mol. The molecule has 106 valence electrons. The first-order chi connectivity index (χ1) is 9.63. The van der Waals surface area contributed by atoms with Gasteiger partial charge >= 0.3 is 0 Å². The highest BCUT2D eigenvalue weighted by molar-refractivity contribution is 5.30. The van der Waals surface area contributed by atoms with Gasteiger partial charge in [0, 0.05) is 18.5 Å². The number of halogens is 1. The van der Waals surface area contributed by atoms with Crippen molar-refractivity contribution in [1.29, 1.82) is 0 Å². The summed E-state index contributed by atoms with van der Waals surface area (Å²) in [7, 11) is 0. The largest absolute Gasteiger partial charge is 0.493 e. The Morgan fingerprint density at radius 1 is 1.10 bits per heavy atom. The molecule has 0 aliphatic heterocycles. The van der Waals surface area contributed by atoms with Gasteiger partial charge in [-0.2, -0.15) is 0 Å². The van der Waals surface area contributed by atoms with E-state index in [9.17, 15) is 4.39 Å². The van der Waals surface area contributed by atoms with Crippen molar-refractivity contribution >= 4 is 0 Å². The van der Waals surface area contributed by atoms with E-state index in [1.54, 1.807) is 0 Å². The second-order valence-electron chi connectivity index (χ2n) is 5.06. The first-order valence-electron chi connectivity index (χ1n) is 6.85. The molecule has 2 aromatic carbocycles. The summed E-state index contributed by atoms with van der Waals surface area (Å²) in [5.41, 5.74) is 7.82. The van der Waals surface area contributed by atoms with Crippen molar-refractivity contribution in [3.63, 3.8) is 0 Å². The maximum atomic E-state index is 13.5. The van der Waals surface area contributed by atoms with Crippen LogP contribution in [0.15, 0.2) is 48.5 Å². The van der Waals surface area contributed by atoms with Crippen LogP contribution in [0.4, 0.5) is 4.39 Å². The normalized spacial score (nSPS) is 12.2. The molecule has 0 radical (unpaired) electrons. The van der Waals surface area contributed by atoms with Crippen molar-refractivity contribution in [2.75, 3.05) is 6.61 Å². The molecule has 0 aliphatic carbocycles. The number of benzene rings is 2. The molecule has 0 fully saturated rings. The van der Waals surface area contributed by atoms with Crippen LogP contribution in [0.3, 0.4) is 0 Å². The molecular weight excluding hydrogens is 253 g/mol. The molecule has 2 rings (SSSR count). The lowest BCUT2D eigenvalue weighted by Gasteiger charge is -2.10. The van der Waals surface area contributed by atoms with Gasteiger partial charge in [-0.3, -0.25) is 0 Å². The highest BCUT2D eigenvalue weighted by Crippen LogP contribution is 2.18. The fraction of sp³-hybridized carbons (Fsp3) is 0.294. The Morgan fingerprint density at radius 2 is 1.85 bits per heavy atom. The van der Waals surface area contributed by atoms with Crippen molar-refractivity contribution in [3.8, 4) is 5.75 Å². The van der Waals surface area contributed by atoms with Gasteiger partial charge in [0.05, 0.1) is 6.61 Å². The second-order valence-corrected chi connectivity index (χ2v) is 5.06. The van der Waals surface area contributed by atoms with Gasteiger partial charge in [0.2, 0.25) is 0 Å². The molecule has 2 aromatic rings. The Kier molecular flexibility index (Phi) is 5.13. The number of hydrogen-bond donors (Lipinski definition) is 1. The van der Waals surface area contributed by atoms with Gasteiger partial charge in [-0.15, -0.1) is 0 Å². The summed E-state index contributed by atoms with van der Waals surface area (Å²) in [6, 6.07) is 14.9. The summed E-state index contributed by atoms with van der Waals surface area (Å²) >= 11 is 0. The smallest absolute Gasteiger partial charge is 0.127 e. The van der Waals surface area contributed by atoms with Gasteiger partial charge in [-0.05, 0) is 36.6 Å². The van der Waals surface area contributed by atoms with Crippen LogP contribution < -0.4 is 10.5 Å². The Labute approximate surface area is 119 Å². The fourth-order valence-electron chi connectivity index (χ4n) is 2.13. The van der Waals surface area contributed by atoms with Crippen molar-refractivity contribution in [2.45, 2.75) is 25.8 Å². The molecule has 1 unspecified atom stereocenters. The maximum absolute atomic E-state index is 13.5. The molecule has 0 heterocycles. The van der Waals surface area contributed by atoms with Gasteiger partial charge in [-0.25, -0.2) is 4.39 Å². The minimum Gasteiger partial charge on any atom is -0.493 e. The van der Waals surface area contributed by atoms with Crippen LogP contribution in [0, 0.1) is 5.82 Å². The Hall–Kier alpha value is -1.87. The average Bonchev–Trinajstić information content (AvgIpc) is 2.38. The summed E-state index contributed by atoms with van der Waals surface area (Å²) in [5, 5.41) is 0. The average molecular weight is 273 g/mol. The summed E-state index contributed by atoms with van der Waals surface area (Å²) in [6.07, 6.45) is 1.45. The molecule has 0 spiro atoms. The molecule has 0 aromatic heterocycles. The summed E-state index contributed by atoms with van der Waals surface area (Å²) in [6.45, 7) is 2.44. The third-order valence-electron chi connectivity index (χ3n) is 2.99. The quantitative estimate of drug-likeness (QED) is 0.876. The standard InChI is InChI=1S/C17H20FNO/c1-13(19)9-15-10-16(18)12-17(11-15)20-8-7-14-5-3-2-4-6-14/h2-6,10-13H,7-9,19H2,1H3. The van der Waals surface area contributed by atoms with E-state index in [1.807, 2.05) is 31.2 Å². The molecule has 0 amide bonds. The predicted octanol–water partition coefficient (Wildman–Crippen LogP) is 3.34. The zero-order valence-electron chi connectivity index (χ0n) is 11.7. The zero-order valence-corrected chi connectivity index (χ0v) is 11.7. The van der Waals surface area contributed by atoms with Crippen LogP contribution in [0.1, 0.15) is 18.1 Å². The summed E-state index contributed by atoms with van der Waals surface area (Å²) < 4.78 is 19.1. The fourth-order valence-corrected chi connectivity index (χ4v) is 2.13. The highest BCUT2D eigenvalue weighted by Gasteiger charge is 2.04. The molecule has 0 saturated carbocycles. The van der Waals surface area contributed by atoms with Crippen LogP contribution >= 0.6 is 0 Å². The molecule has 2 nitrogen and oxygen atoms in total. The molecule has 0 bridgehead atoms. The summed E-state index contributed by atoms with van der Waals surface area (Å²) in [5.74, 6) is 0.287. The molecule has 20 heavy (non-hydrogen) atoms. The van der Waals surface area contributed by atoms with Crippen LogP contribution in [0.25, 0.3) is 0 Å². The van der Waals surface area contributed by atoms with Crippen molar-refractivity contribution in [3.05, 3.63) is 65.5 Å². The summed E-state index contributed by atoms with van der Waals surface area (Å²) in [4.78, 5) is 0. The Balaban J connectivity index is 1.93. The van der Waals surface area contributed by atoms with Crippen molar-refractivity contribution < 1.29 is 9.13 Å². The molecule has 3 heteroatoms. The van der Waals surface area contributed by atoms with E-state index in [-0.39, 0.29) is 11.9 Å². The lowest BCUT2D eigenvalue weighted by molar-refractivity contribution is 0.320. The lowest BCUT2D eigenvalue weighted by Crippen LogP contribution is -2.17. The third-order valence-corrected chi connectivity index (χ3v) is 2.99. The number of hydrogen-bond acceptors (Lipinski definition) is 2. The molecule has 0 aliphatic rings. The highest BCUT2D eigenvalue weighted by atomic mass is 19.1. The van der Waals surface area contributed by atoms with E-state index >= 15 is 0 Å². The van der Waals surface area contributed by atoms with Crippen LogP contribution in [0.5, 0.6) is 5.75 Å². The zero-order chi connectivity index (χ0) is 14.4. The number of ether oxygens (including phenoxy) is 1. The third kappa shape index (κ3) is 4.67. The molecular formula is C17H20FNO. The first-order valence-corrected chi connectivity index (χ1v) is 6.85. The molecule has 0 saturated heterocycles. The lowest BCUT2D eigenvalue weighted by atomic mass is 10.1. The monoisotopic (exact) mass is 273 g/mol. The van der Waals surface area contributed by atoms with E-state index in [0.29, 0.717) is 18.8 Å². The molecule has 2 N–H and O–H groups in total. The molecule has 1 atom stereocenters. The van der Waals surface area contributed by atoms with E-state index in [2.05, 4.69) is 12.1 Å². The topological polar surface area (TPSA) is 35.2 Å². The van der Waals surface area contributed by atoms with Crippen LogP contribution in [-0.4, -0.2) is 12.6 Å². The van der Waals surface area contributed by atoms with Gasteiger partial charge in [0.25, 0.3) is 0 Å². The Bertz CT molecular complexity index is 540. The van der Waals surface area contributed by atoms with Gasteiger partial charge < -0.3 is 10.5 Å². The Morgan fingerprint density at radius 3 is 2.55 bits per heavy atom. The van der Waals surface area contributed by atoms with Crippen LogP contribution in [-0.2, 0) is 12.8 Å². The van der Waals surface area contributed by atoms with Gasteiger partial charge in [0.1, 0.15) is 11.6 Å². The van der Waals surface area contributed by atoms with E-state index < -0.39 is 0 Å². The number of nitrogens with two attached hydrogens (primary N) is 1. The van der Waals surface area contributed by atoms with Crippen molar-refractivity contribution in [1.82, 2.24) is 0 Å². The number of rotatable bonds is 6. The maximum Gasteiger partial charge on any atom is 0.127 e. The minimum atomic E-state index is -0.280. The van der Waals surface area contributed by atoms with Gasteiger partial charge in [-0.1, -0.05) is 30.3 Å². The minimum absolute atomic E-state index is 0.00830.